The molecule has 0 radical (unpaired) electrons. The highest BCUT2D eigenvalue weighted by molar-refractivity contribution is 5.98. The van der Waals surface area contributed by atoms with Crippen molar-refractivity contribution >= 4 is 17.5 Å². The second-order valence-electron chi connectivity index (χ2n) is 7.62. The van der Waals surface area contributed by atoms with Crippen molar-refractivity contribution in [2.75, 3.05) is 11.9 Å². The standard InChI is InChI=1S/C20H23F3N4O3/c1-12-10-15(12)17(29)26-14-5-3-4-13(11-14)16(28)24-7-6-19(30,20(21,22)23)18-25-8-9-27(18)2/h3-5,8-9,11-12,15,30H,6-7,10H2,1-2H3,(H,24,28)(H,26,29). The Kier molecular flexibility index (Phi) is 5.89. The number of imidazole rings is 1. The van der Waals surface area contributed by atoms with E-state index >= 15 is 0 Å². The fourth-order valence-corrected chi connectivity index (χ4v) is 3.26. The van der Waals surface area contributed by atoms with Crippen LogP contribution in [0.2, 0.25) is 0 Å². The molecule has 3 unspecified atom stereocenters. The number of aryl methyl sites for hydroxylation is 1. The first-order valence-electron chi connectivity index (χ1n) is 9.49. The van der Waals surface area contributed by atoms with Crippen LogP contribution in [0.25, 0.3) is 0 Å². The molecule has 0 saturated heterocycles. The molecule has 0 bridgehead atoms. The number of benzene rings is 1. The highest BCUT2D eigenvalue weighted by Crippen LogP contribution is 2.40. The molecule has 1 fully saturated rings. The average molecular weight is 424 g/mol. The number of amides is 2. The van der Waals surface area contributed by atoms with Crippen molar-refractivity contribution in [1.29, 1.82) is 0 Å². The lowest BCUT2D eigenvalue weighted by Crippen LogP contribution is -2.46. The molecular formula is C20H23F3N4O3. The minimum absolute atomic E-state index is 0.0337. The van der Waals surface area contributed by atoms with E-state index < -0.39 is 36.5 Å². The fourth-order valence-electron chi connectivity index (χ4n) is 3.26. The van der Waals surface area contributed by atoms with E-state index in [1.54, 1.807) is 12.1 Å². The zero-order chi connectivity index (χ0) is 22.1. The van der Waals surface area contributed by atoms with Gasteiger partial charge >= 0.3 is 6.18 Å². The summed E-state index contributed by atoms with van der Waals surface area (Å²) >= 11 is 0. The third kappa shape index (κ3) is 4.48. The van der Waals surface area contributed by atoms with Crippen molar-refractivity contribution in [1.82, 2.24) is 14.9 Å². The number of aliphatic hydroxyl groups is 1. The summed E-state index contributed by atoms with van der Waals surface area (Å²) in [6.07, 6.45) is -2.49. The Morgan fingerprint density at radius 1 is 1.33 bits per heavy atom. The molecule has 1 aliphatic carbocycles. The molecule has 2 amide bonds. The third-order valence-corrected chi connectivity index (χ3v) is 5.27. The van der Waals surface area contributed by atoms with Gasteiger partial charge in [-0.15, -0.1) is 0 Å². The minimum Gasteiger partial charge on any atom is -0.374 e. The lowest BCUT2D eigenvalue weighted by Gasteiger charge is -2.30. The van der Waals surface area contributed by atoms with Gasteiger partial charge in [-0.1, -0.05) is 13.0 Å². The van der Waals surface area contributed by atoms with Crippen LogP contribution in [0.15, 0.2) is 36.7 Å². The molecule has 2 aromatic rings. The number of hydrogen-bond donors (Lipinski definition) is 3. The third-order valence-electron chi connectivity index (χ3n) is 5.27. The maximum absolute atomic E-state index is 13.5. The molecule has 0 spiro atoms. The number of hydrogen-bond acceptors (Lipinski definition) is 4. The molecule has 3 atom stereocenters. The highest BCUT2D eigenvalue weighted by Gasteiger charge is 2.57. The summed E-state index contributed by atoms with van der Waals surface area (Å²) in [5.74, 6) is -0.986. The van der Waals surface area contributed by atoms with Crippen LogP contribution in [0.3, 0.4) is 0 Å². The Hall–Kier alpha value is -2.88. The van der Waals surface area contributed by atoms with Crippen LogP contribution in [-0.4, -0.2) is 39.2 Å². The lowest BCUT2D eigenvalue weighted by atomic mass is 9.97. The summed E-state index contributed by atoms with van der Waals surface area (Å²) in [5, 5.41) is 15.4. The molecule has 3 rings (SSSR count). The number of alkyl halides is 3. The Labute approximate surface area is 171 Å². The number of halogens is 3. The van der Waals surface area contributed by atoms with Crippen molar-refractivity contribution < 1.29 is 27.9 Å². The number of carbonyl (C=O) groups excluding carboxylic acids is 2. The molecule has 1 aromatic heterocycles. The van der Waals surface area contributed by atoms with Gasteiger partial charge in [0.1, 0.15) is 5.82 Å². The number of carbonyl (C=O) groups is 2. The smallest absolute Gasteiger partial charge is 0.374 e. The maximum atomic E-state index is 13.5. The summed E-state index contributed by atoms with van der Waals surface area (Å²) in [5.41, 5.74) is -2.58. The molecule has 1 aromatic carbocycles. The first-order valence-corrected chi connectivity index (χ1v) is 9.49. The van der Waals surface area contributed by atoms with E-state index in [-0.39, 0.29) is 17.4 Å². The zero-order valence-corrected chi connectivity index (χ0v) is 16.5. The summed E-state index contributed by atoms with van der Waals surface area (Å²) in [6, 6.07) is 6.14. The van der Waals surface area contributed by atoms with Gasteiger partial charge in [-0.3, -0.25) is 9.59 Å². The normalized spacial score (nSPS) is 20.3. The van der Waals surface area contributed by atoms with Crippen LogP contribution in [0, 0.1) is 11.8 Å². The maximum Gasteiger partial charge on any atom is 0.424 e. The number of rotatable bonds is 7. The van der Waals surface area contributed by atoms with Gasteiger partial charge in [0.25, 0.3) is 5.91 Å². The summed E-state index contributed by atoms with van der Waals surface area (Å²) < 4.78 is 41.6. The Balaban J connectivity index is 1.63. The second-order valence-corrected chi connectivity index (χ2v) is 7.62. The van der Waals surface area contributed by atoms with Crippen molar-refractivity contribution in [3.8, 4) is 0 Å². The van der Waals surface area contributed by atoms with E-state index in [0.29, 0.717) is 11.6 Å². The summed E-state index contributed by atoms with van der Waals surface area (Å²) in [7, 11) is 1.35. The van der Waals surface area contributed by atoms with Gasteiger partial charge in [0.2, 0.25) is 11.5 Å². The first-order chi connectivity index (χ1) is 14.0. The predicted octanol–water partition coefficient (Wildman–Crippen LogP) is 2.58. The minimum atomic E-state index is -4.97. The average Bonchev–Trinajstić information content (AvgIpc) is 3.25. The van der Waals surface area contributed by atoms with Crippen molar-refractivity contribution in [3.63, 3.8) is 0 Å². The van der Waals surface area contributed by atoms with Crippen LogP contribution in [0.1, 0.15) is 35.9 Å². The quantitative estimate of drug-likeness (QED) is 0.637. The monoisotopic (exact) mass is 424 g/mol. The van der Waals surface area contributed by atoms with E-state index in [0.717, 1.165) is 17.2 Å². The van der Waals surface area contributed by atoms with E-state index in [1.165, 1.54) is 25.4 Å². The van der Waals surface area contributed by atoms with Gasteiger partial charge in [0.15, 0.2) is 0 Å². The van der Waals surface area contributed by atoms with Gasteiger partial charge in [-0.2, -0.15) is 13.2 Å². The van der Waals surface area contributed by atoms with E-state index in [4.69, 9.17) is 0 Å². The molecule has 7 nitrogen and oxygen atoms in total. The molecular weight excluding hydrogens is 401 g/mol. The molecule has 30 heavy (non-hydrogen) atoms. The molecule has 1 aliphatic rings. The Morgan fingerprint density at radius 3 is 2.60 bits per heavy atom. The SMILES string of the molecule is CC1CC1C(=O)Nc1cccc(C(=O)NCCC(O)(c2nccn2C)C(F)(F)F)c1. The largest absolute Gasteiger partial charge is 0.424 e. The van der Waals surface area contributed by atoms with Gasteiger partial charge in [0.05, 0.1) is 0 Å². The van der Waals surface area contributed by atoms with Crippen LogP contribution in [0.4, 0.5) is 18.9 Å². The lowest BCUT2D eigenvalue weighted by molar-refractivity contribution is -0.272. The fraction of sp³-hybridized carbons (Fsp3) is 0.450. The van der Waals surface area contributed by atoms with E-state index in [2.05, 4.69) is 15.6 Å². The first kappa shape index (κ1) is 21.8. The highest BCUT2D eigenvalue weighted by atomic mass is 19.4. The molecule has 10 heteroatoms. The van der Waals surface area contributed by atoms with Crippen LogP contribution < -0.4 is 10.6 Å². The van der Waals surface area contributed by atoms with Crippen LogP contribution >= 0.6 is 0 Å². The number of nitrogens with zero attached hydrogens (tertiary/aromatic N) is 2. The summed E-state index contributed by atoms with van der Waals surface area (Å²) in [4.78, 5) is 28.0. The van der Waals surface area contributed by atoms with E-state index in [9.17, 15) is 27.9 Å². The number of nitrogens with one attached hydrogen (secondary N) is 2. The van der Waals surface area contributed by atoms with Crippen molar-refractivity contribution in [2.24, 2.45) is 18.9 Å². The van der Waals surface area contributed by atoms with Crippen molar-refractivity contribution in [3.05, 3.63) is 48.0 Å². The molecule has 1 saturated carbocycles. The van der Waals surface area contributed by atoms with Gasteiger partial charge < -0.3 is 20.3 Å². The molecule has 3 N–H and O–H groups in total. The molecule has 162 valence electrons. The summed E-state index contributed by atoms with van der Waals surface area (Å²) in [6.45, 7) is 1.54. The van der Waals surface area contributed by atoms with Gasteiger partial charge in [-0.05, 0) is 30.5 Å². The van der Waals surface area contributed by atoms with Crippen molar-refractivity contribution in [2.45, 2.75) is 31.5 Å². The number of anilines is 1. The molecule has 0 aliphatic heterocycles. The Bertz CT molecular complexity index is 943. The van der Waals surface area contributed by atoms with Gasteiger partial charge in [0, 0.05) is 49.6 Å². The van der Waals surface area contributed by atoms with Gasteiger partial charge in [-0.25, -0.2) is 4.98 Å². The Morgan fingerprint density at radius 2 is 2.03 bits per heavy atom. The van der Waals surface area contributed by atoms with Crippen LogP contribution in [-0.2, 0) is 17.4 Å². The predicted molar refractivity (Wildman–Crippen MR) is 102 cm³/mol. The van der Waals surface area contributed by atoms with Crippen LogP contribution in [0.5, 0.6) is 0 Å². The molecule has 1 heterocycles. The topological polar surface area (TPSA) is 96.2 Å². The zero-order valence-electron chi connectivity index (χ0n) is 16.5. The van der Waals surface area contributed by atoms with E-state index in [1.807, 2.05) is 6.92 Å². The second kappa shape index (κ2) is 8.10. The number of aromatic nitrogens is 2.